The van der Waals surface area contributed by atoms with Crippen molar-refractivity contribution < 1.29 is 0 Å². The number of nitrogens with one attached hydrogen (secondary N) is 1. The van der Waals surface area contributed by atoms with E-state index in [2.05, 4.69) is 49.5 Å². The molecule has 0 aromatic carbocycles. The summed E-state index contributed by atoms with van der Waals surface area (Å²) in [7, 11) is 2.06. The van der Waals surface area contributed by atoms with E-state index in [4.69, 9.17) is 0 Å². The van der Waals surface area contributed by atoms with E-state index in [9.17, 15) is 0 Å². The zero-order valence-corrected chi connectivity index (χ0v) is 11.7. The van der Waals surface area contributed by atoms with Crippen molar-refractivity contribution in [2.75, 3.05) is 26.7 Å². The van der Waals surface area contributed by atoms with E-state index in [0.29, 0.717) is 6.04 Å². The Labute approximate surface area is 104 Å². The van der Waals surface area contributed by atoms with Crippen LogP contribution in [-0.4, -0.2) is 31.6 Å². The third-order valence-corrected chi connectivity index (χ3v) is 4.01. The quantitative estimate of drug-likeness (QED) is 0.788. The van der Waals surface area contributed by atoms with Crippen molar-refractivity contribution in [3.8, 4) is 0 Å². The average Bonchev–Trinajstić information content (AvgIpc) is 2.71. The molecule has 0 aliphatic heterocycles. The monoisotopic (exact) mass is 240 g/mol. The lowest BCUT2D eigenvalue weighted by Gasteiger charge is -2.22. The van der Waals surface area contributed by atoms with Crippen molar-refractivity contribution in [2.24, 2.45) is 0 Å². The summed E-state index contributed by atoms with van der Waals surface area (Å²) in [6, 6.07) is 2.80. The molecule has 92 valence electrons. The summed E-state index contributed by atoms with van der Waals surface area (Å²) >= 11 is 1.84. The van der Waals surface area contributed by atoms with E-state index in [0.717, 1.165) is 13.1 Å². The molecule has 1 rings (SSSR count). The number of hydrogen-bond acceptors (Lipinski definition) is 3. The van der Waals surface area contributed by atoms with Crippen LogP contribution in [0.5, 0.6) is 0 Å². The summed E-state index contributed by atoms with van der Waals surface area (Å²) < 4.78 is 0. The van der Waals surface area contributed by atoms with Gasteiger partial charge < -0.3 is 10.2 Å². The largest absolute Gasteiger partial charge is 0.313 e. The van der Waals surface area contributed by atoms with Crippen LogP contribution in [0.2, 0.25) is 0 Å². The number of aryl methyl sites for hydroxylation is 1. The average molecular weight is 240 g/mol. The molecule has 1 atom stereocenters. The lowest BCUT2D eigenvalue weighted by atomic mass is 10.1. The lowest BCUT2D eigenvalue weighted by Crippen LogP contribution is -2.28. The normalized spacial score (nSPS) is 13.3. The van der Waals surface area contributed by atoms with Gasteiger partial charge in [0.25, 0.3) is 0 Å². The molecular formula is C13H24N2S. The Morgan fingerprint density at radius 3 is 2.50 bits per heavy atom. The minimum absolute atomic E-state index is 0.505. The molecule has 3 heteroatoms. The van der Waals surface area contributed by atoms with Crippen LogP contribution in [-0.2, 0) is 0 Å². The van der Waals surface area contributed by atoms with Crippen LogP contribution >= 0.6 is 11.3 Å². The second-order valence-corrected chi connectivity index (χ2v) is 5.26. The van der Waals surface area contributed by atoms with Gasteiger partial charge >= 0.3 is 0 Å². The maximum Gasteiger partial charge on any atom is 0.0338 e. The van der Waals surface area contributed by atoms with Crippen LogP contribution < -0.4 is 5.32 Å². The lowest BCUT2D eigenvalue weighted by molar-refractivity contribution is 0.284. The van der Waals surface area contributed by atoms with Gasteiger partial charge in [-0.2, -0.15) is 0 Å². The summed E-state index contributed by atoms with van der Waals surface area (Å²) in [6.07, 6.45) is 1.19. The second-order valence-electron chi connectivity index (χ2n) is 4.15. The van der Waals surface area contributed by atoms with Gasteiger partial charge in [-0.15, -0.1) is 11.3 Å². The van der Waals surface area contributed by atoms with E-state index < -0.39 is 0 Å². The first-order valence-electron chi connectivity index (χ1n) is 6.15. The van der Waals surface area contributed by atoms with Crippen LogP contribution in [0.15, 0.2) is 11.4 Å². The fraction of sp³-hybridized carbons (Fsp3) is 0.692. The van der Waals surface area contributed by atoms with Crippen molar-refractivity contribution in [3.05, 3.63) is 21.9 Å². The molecule has 0 fully saturated rings. The predicted octanol–water partition coefficient (Wildman–Crippen LogP) is 3.05. The highest BCUT2D eigenvalue weighted by molar-refractivity contribution is 7.10. The van der Waals surface area contributed by atoms with Crippen molar-refractivity contribution in [1.82, 2.24) is 10.2 Å². The Balaban J connectivity index is 2.49. The molecule has 0 spiro atoms. The predicted molar refractivity (Wildman–Crippen MR) is 73.3 cm³/mol. The highest BCUT2D eigenvalue weighted by atomic mass is 32.1. The molecule has 0 aliphatic carbocycles. The number of hydrogen-bond donors (Lipinski definition) is 1. The fourth-order valence-electron chi connectivity index (χ4n) is 1.98. The van der Waals surface area contributed by atoms with Gasteiger partial charge in [0.15, 0.2) is 0 Å². The van der Waals surface area contributed by atoms with Crippen molar-refractivity contribution in [1.29, 1.82) is 0 Å². The summed E-state index contributed by atoms with van der Waals surface area (Å²) in [5.41, 5.74) is 1.44. The Bertz CT molecular complexity index is 292. The van der Waals surface area contributed by atoms with E-state index in [1.807, 2.05) is 11.3 Å². The summed E-state index contributed by atoms with van der Waals surface area (Å²) in [4.78, 5) is 3.88. The van der Waals surface area contributed by atoms with Gasteiger partial charge in [0.1, 0.15) is 0 Å². The third kappa shape index (κ3) is 3.89. The zero-order valence-electron chi connectivity index (χ0n) is 10.9. The van der Waals surface area contributed by atoms with Gasteiger partial charge in [-0.3, -0.25) is 0 Å². The molecule has 16 heavy (non-hydrogen) atoms. The SMILES string of the molecule is CCN(CC)CCC(NC)c1csc(C)c1. The van der Waals surface area contributed by atoms with Crippen LogP contribution in [0.25, 0.3) is 0 Å². The first-order valence-corrected chi connectivity index (χ1v) is 7.03. The molecule has 0 aliphatic rings. The van der Waals surface area contributed by atoms with Crippen molar-refractivity contribution in [2.45, 2.75) is 33.2 Å². The number of rotatable bonds is 7. The van der Waals surface area contributed by atoms with E-state index in [-0.39, 0.29) is 0 Å². The molecule has 0 bridgehead atoms. The minimum Gasteiger partial charge on any atom is -0.313 e. The van der Waals surface area contributed by atoms with E-state index in [1.165, 1.54) is 23.4 Å². The summed E-state index contributed by atoms with van der Waals surface area (Å²) in [5.74, 6) is 0. The standard InChI is InChI=1S/C13H24N2S/c1-5-15(6-2)8-7-13(14-4)12-9-11(3)16-10-12/h9-10,13-14H,5-8H2,1-4H3. The second kappa shape index (κ2) is 7.05. The van der Waals surface area contributed by atoms with Crippen LogP contribution in [0, 0.1) is 6.92 Å². The zero-order chi connectivity index (χ0) is 12.0. The van der Waals surface area contributed by atoms with Crippen LogP contribution in [0.4, 0.5) is 0 Å². The molecule has 1 aromatic heterocycles. The highest BCUT2D eigenvalue weighted by Crippen LogP contribution is 2.22. The maximum absolute atomic E-state index is 3.42. The molecule has 1 unspecified atom stereocenters. The molecule has 0 saturated heterocycles. The molecule has 2 nitrogen and oxygen atoms in total. The van der Waals surface area contributed by atoms with Crippen molar-refractivity contribution in [3.63, 3.8) is 0 Å². The number of thiophene rings is 1. The van der Waals surface area contributed by atoms with Gasteiger partial charge in [-0.1, -0.05) is 13.8 Å². The molecule has 1 aromatic rings. The molecule has 0 amide bonds. The van der Waals surface area contributed by atoms with E-state index >= 15 is 0 Å². The van der Waals surface area contributed by atoms with Gasteiger partial charge in [0, 0.05) is 10.9 Å². The van der Waals surface area contributed by atoms with Crippen LogP contribution in [0.1, 0.15) is 36.8 Å². The van der Waals surface area contributed by atoms with Gasteiger partial charge in [-0.05, 0) is 57.0 Å². The Morgan fingerprint density at radius 2 is 2.06 bits per heavy atom. The van der Waals surface area contributed by atoms with E-state index in [1.54, 1.807) is 0 Å². The third-order valence-electron chi connectivity index (χ3n) is 3.13. The summed E-state index contributed by atoms with van der Waals surface area (Å²) in [6.45, 7) is 10.1. The van der Waals surface area contributed by atoms with Gasteiger partial charge in [-0.25, -0.2) is 0 Å². The Morgan fingerprint density at radius 1 is 1.38 bits per heavy atom. The minimum atomic E-state index is 0.505. The van der Waals surface area contributed by atoms with Gasteiger partial charge in [0.05, 0.1) is 0 Å². The van der Waals surface area contributed by atoms with Crippen molar-refractivity contribution >= 4 is 11.3 Å². The Kier molecular flexibility index (Phi) is 6.03. The number of nitrogens with zero attached hydrogens (tertiary/aromatic N) is 1. The van der Waals surface area contributed by atoms with Gasteiger partial charge in [0.2, 0.25) is 0 Å². The molecule has 0 saturated carbocycles. The summed E-state index contributed by atoms with van der Waals surface area (Å²) in [5, 5.41) is 5.69. The van der Waals surface area contributed by atoms with Crippen LogP contribution in [0.3, 0.4) is 0 Å². The molecule has 1 N–H and O–H groups in total. The highest BCUT2D eigenvalue weighted by Gasteiger charge is 2.11. The Hall–Kier alpha value is -0.380. The maximum atomic E-state index is 3.42. The fourth-order valence-corrected chi connectivity index (χ4v) is 2.73. The molecule has 0 radical (unpaired) electrons. The molecule has 1 heterocycles. The molecular weight excluding hydrogens is 216 g/mol. The smallest absolute Gasteiger partial charge is 0.0338 e. The first kappa shape index (κ1) is 13.7. The topological polar surface area (TPSA) is 15.3 Å². The first-order chi connectivity index (χ1) is 7.71.